The van der Waals surface area contributed by atoms with E-state index in [9.17, 15) is 0 Å². The summed E-state index contributed by atoms with van der Waals surface area (Å²) in [6.07, 6.45) is 2.64. The summed E-state index contributed by atoms with van der Waals surface area (Å²) in [4.78, 5) is -0.500. The summed E-state index contributed by atoms with van der Waals surface area (Å²) in [5.41, 5.74) is 1.60. The van der Waals surface area contributed by atoms with Gasteiger partial charge in [0.15, 0.2) is 6.26 Å². The second kappa shape index (κ2) is 3.00. The molecule has 0 saturated carbocycles. The lowest BCUT2D eigenvalue weighted by atomic mass is 10.2. The first kappa shape index (κ1) is 7.96. The fourth-order valence-corrected chi connectivity index (χ4v) is 1.32. The molecule has 0 unspecified atom stereocenters. The van der Waals surface area contributed by atoms with Gasteiger partial charge >= 0.3 is 0 Å². The van der Waals surface area contributed by atoms with Crippen molar-refractivity contribution in [3.8, 4) is 0 Å². The Bertz CT molecular complexity index is 392. The highest BCUT2D eigenvalue weighted by Gasteiger charge is 2.05. The summed E-state index contributed by atoms with van der Waals surface area (Å²) in [6, 6.07) is 7.37. The Morgan fingerprint density at radius 3 is 2.92 bits per heavy atom. The van der Waals surface area contributed by atoms with Crippen LogP contribution in [0, 0.1) is 6.26 Å². The van der Waals surface area contributed by atoms with Crippen molar-refractivity contribution in [1.82, 2.24) is 0 Å². The van der Waals surface area contributed by atoms with E-state index in [2.05, 4.69) is 6.26 Å². The summed E-state index contributed by atoms with van der Waals surface area (Å²) >= 11 is 11.4. The van der Waals surface area contributed by atoms with Crippen molar-refractivity contribution in [3.05, 3.63) is 36.1 Å². The van der Waals surface area contributed by atoms with E-state index in [1.807, 2.05) is 18.2 Å². The van der Waals surface area contributed by atoms with Crippen molar-refractivity contribution in [2.24, 2.45) is 0 Å². The van der Waals surface area contributed by atoms with Crippen LogP contribution in [-0.2, 0) is 0 Å². The second-order valence-electron chi connectivity index (χ2n) is 2.46. The van der Waals surface area contributed by atoms with Gasteiger partial charge in [-0.2, -0.15) is 0 Å². The van der Waals surface area contributed by atoms with E-state index in [-0.39, 0.29) is 0 Å². The normalized spacial score (nSPS) is 11.2. The number of furan rings is 1. The van der Waals surface area contributed by atoms with Gasteiger partial charge in [-0.3, -0.25) is 0 Å². The Balaban J connectivity index is 2.60. The molecule has 0 fully saturated rings. The van der Waals surface area contributed by atoms with Crippen LogP contribution in [0.15, 0.2) is 28.7 Å². The molecule has 0 N–H and O–H groups in total. The molecular weight excluding hydrogens is 195 g/mol. The number of fused-ring (bicyclic) bond motifs is 1. The molecule has 1 radical (unpaired) electrons. The number of hydrogen-bond donors (Lipinski definition) is 0. The van der Waals surface area contributed by atoms with Crippen LogP contribution in [0.1, 0.15) is 10.4 Å². The van der Waals surface area contributed by atoms with Crippen molar-refractivity contribution in [1.29, 1.82) is 0 Å². The van der Waals surface area contributed by atoms with Crippen molar-refractivity contribution < 1.29 is 4.42 Å². The highest BCUT2D eigenvalue weighted by atomic mass is 35.5. The van der Waals surface area contributed by atoms with Crippen LogP contribution < -0.4 is 0 Å². The van der Waals surface area contributed by atoms with Gasteiger partial charge in [0.25, 0.3) is 0 Å². The zero-order chi connectivity index (χ0) is 8.55. The Labute approximate surface area is 79.9 Å². The zero-order valence-electron chi connectivity index (χ0n) is 6.05. The van der Waals surface area contributed by atoms with Gasteiger partial charge in [0.2, 0.25) is 0 Å². The van der Waals surface area contributed by atoms with E-state index in [1.165, 1.54) is 0 Å². The van der Waals surface area contributed by atoms with E-state index in [0.717, 1.165) is 16.5 Å². The third-order valence-electron chi connectivity index (χ3n) is 1.67. The first-order valence-corrected chi connectivity index (χ1v) is 4.32. The zero-order valence-corrected chi connectivity index (χ0v) is 7.56. The molecule has 0 bridgehead atoms. The number of rotatable bonds is 1. The van der Waals surface area contributed by atoms with E-state index in [0.29, 0.717) is 0 Å². The molecule has 2 rings (SSSR count). The Kier molecular flexibility index (Phi) is 1.99. The number of halogens is 2. The third kappa shape index (κ3) is 1.30. The molecule has 12 heavy (non-hydrogen) atoms. The average molecular weight is 200 g/mol. The Morgan fingerprint density at radius 1 is 1.33 bits per heavy atom. The third-order valence-corrected chi connectivity index (χ3v) is 2.18. The quantitative estimate of drug-likeness (QED) is 0.639. The summed E-state index contributed by atoms with van der Waals surface area (Å²) in [5, 5.41) is 1.01. The van der Waals surface area contributed by atoms with Gasteiger partial charge in [-0.1, -0.05) is 12.1 Å². The van der Waals surface area contributed by atoms with Gasteiger partial charge in [-0.05, 0) is 17.7 Å². The first-order valence-electron chi connectivity index (χ1n) is 3.45. The summed E-state index contributed by atoms with van der Waals surface area (Å²) in [5.74, 6) is 0. The molecule has 0 saturated heterocycles. The van der Waals surface area contributed by atoms with Gasteiger partial charge in [-0.25, -0.2) is 0 Å². The van der Waals surface area contributed by atoms with Crippen molar-refractivity contribution in [3.63, 3.8) is 0 Å². The summed E-state index contributed by atoms with van der Waals surface area (Å²) in [6.45, 7) is 0. The van der Waals surface area contributed by atoms with E-state index in [4.69, 9.17) is 27.6 Å². The van der Waals surface area contributed by atoms with Crippen molar-refractivity contribution >= 4 is 34.2 Å². The molecule has 2 aromatic rings. The van der Waals surface area contributed by atoms with E-state index in [1.54, 1.807) is 6.07 Å². The fourth-order valence-electron chi connectivity index (χ4n) is 1.05. The molecule has 1 aromatic carbocycles. The maximum Gasteiger partial charge on any atom is 0.170 e. The first-order chi connectivity index (χ1) is 5.77. The van der Waals surface area contributed by atoms with Crippen LogP contribution in [0.2, 0.25) is 0 Å². The minimum absolute atomic E-state index is 0.500. The smallest absolute Gasteiger partial charge is 0.170 e. The number of alkyl halides is 2. The topological polar surface area (TPSA) is 13.1 Å². The van der Waals surface area contributed by atoms with E-state index < -0.39 is 4.84 Å². The maximum absolute atomic E-state index is 5.68. The predicted molar refractivity (Wildman–Crippen MR) is 49.5 cm³/mol. The average Bonchev–Trinajstić information content (AvgIpc) is 2.49. The van der Waals surface area contributed by atoms with E-state index >= 15 is 0 Å². The maximum atomic E-state index is 5.68. The SMILES string of the molecule is ClC(Cl)c1ccc2c[c]oc2c1. The minimum Gasteiger partial charge on any atom is -0.453 e. The van der Waals surface area contributed by atoms with Crippen molar-refractivity contribution in [2.75, 3.05) is 0 Å². The summed E-state index contributed by atoms with van der Waals surface area (Å²) in [7, 11) is 0. The molecule has 1 aromatic heterocycles. The minimum atomic E-state index is -0.500. The molecule has 0 amide bonds. The molecule has 1 heterocycles. The predicted octanol–water partition coefficient (Wildman–Crippen LogP) is 3.71. The molecule has 0 aliphatic carbocycles. The standard InChI is InChI=1S/C9H5Cl2O/c10-9(11)7-2-1-6-3-4-12-8(6)5-7/h1-3,5,9H. The Morgan fingerprint density at radius 2 is 2.17 bits per heavy atom. The molecule has 3 heteroatoms. The Hall–Kier alpha value is -0.660. The highest BCUT2D eigenvalue weighted by Crippen LogP contribution is 2.27. The molecule has 1 nitrogen and oxygen atoms in total. The number of benzene rings is 1. The lowest BCUT2D eigenvalue weighted by Gasteiger charge is -1.99. The summed E-state index contributed by atoms with van der Waals surface area (Å²) < 4.78 is 5.07. The second-order valence-corrected chi connectivity index (χ2v) is 3.56. The van der Waals surface area contributed by atoms with Gasteiger partial charge in [0.1, 0.15) is 10.4 Å². The van der Waals surface area contributed by atoms with Gasteiger partial charge < -0.3 is 4.42 Å². The van der Waals surface area contributed by atoms with Gasteiger partial charge in [0.05, 0.1) is 0 Å². The van der Waals surface area contributed by atoms with Crippen LogP contribution in [0.3, 0.4) is 0 Å². The van der Waals surface area contributed by atoms with Crippen LogP contribution in [0.4, 0.5) is 0 Å². The molecule has 0 aliphatic heterocycles. The molecule has 0 aliphatic rings. The lowest BCUT2D eigenvalue weighted by molar-refractivity contribution is 0.605. The fraction of sp³-hybridized carbons (Fsp3) is 0.111. The monoisotopic (exact) mass is 199 g/mol. The van der Waals surface area contributed by atoms with Crippen molar-refractivity contribution in [2.45, 2.75) is 4.84 Å². The molecule has 0 spiro atoms. The molecule has 61 valence electrons. The van der Waals surface area contributed by atoms with Crippen LogP contribution in [-0.4, -0.2) is 0 Å². The largest absolute Gasteiger partial charge is 0.453 e. The number of hydrogen-bond acceptors (Lipinski definition) is 1. The van der Waals surface area contributed by atoms with Crippen LogP contribution in [0.5, 0.6) is 0 Å². The van der Waals surface area contributed by atoms with Crippen LogP contribution >= 0.6 is 23.2 Å². The lowest BCUT2D eigenvalue weighted by Crippen LogP contribution is -1.78. The molecular formula is C9H5Cl2O. The van der Waals surface area contributed by atoms with Crippen LogP contribution in [0.25, 0.3) is 11.0 Å². The van der Waals surface area contributed by atoms with Gasteiger partial charge in [0, 0.05) is 5.39 Å². The van der Waals surface area contributed by atoms with Gasteiger partial charge in [-0.15, -0.1) is 23.2 Å². The molecule has 0 atom stereocenters. The highest BCUT2D eigenvalue weighted by molar-refractivity contribution is 6.44.